The first-order valence-corrected chi connectivity index (χ1v) is 8.22. The van der Waals surface area contributed by atoms with Crippen molar-refractivity contribution in [1.82, 2.24) is 15.2 Å². The molecule has 0 saturated heterocycles. The molecule has 1 aromatic rings. The molecule has 0 fully saturated rings. The maximum Gasteiger partial charge on any atom is 0.128 e. The number of hydrogen-bond donors (Lipinski definition) is 1. The smallest absolute Gasteiger partial charge is 0.128 e. The van der Waals surface area contributed by atoms with Gasteiger partial charge >= 0.3 is 0 Å². The second-order valence-electron chi connectivity index (χ2n) is 5.51. The summed E-state index contributed by atoms with van der Waals surface area (Å²) in [5.74, 6) is 1.02. The van der Waals surface area contributed by atoms with Crippen LogP contribution in [0.1, 0.15) is 32.4 Å². The van der Waals surface area contributed by atoms with E-state index in [-0.39, 0.29) is 0 Å². The molecular weight excluding hydrogens is 284 g/mol. The van der Waals surface area contributed by atoms with Crippen LogP contribution in [-0.2, 0) is 6.54 Å². The van der Waals surface area contributed by atoms with Crippen molar-refractivity contribution in [2.75, 3.05) is 45.2 Å². The van der Waals surface area contributed by atoms with E-state index in [0.29, 0.717) is 0 Å². The van der Waals surface area contributed by atoms with Crippen LogP contribution in [0.25, 0.3) is 0 Å². The minimum Gasteiger partial charge on any atom is -0.357 e. The van der Waals surface area contributed by atoms with E-state index in [2.05, 4.69) is 43.1 Å². The van der Waals surface area contributed by atoms with Crippen LogP contribution in [0.4, 0.5) is 5.82 Å². The van der Waals surface area contributed by atoms with E-state index in [4.69, 9.17) is 16.6 Å². The van der Waals surface area contributed by atoms with Crippen LogP contribution >= 0.6 is 11.6 Å². The zero-order valence-electron chi connectivity index (χ0n) is 13.8. The molecule has 1 aromatic heterocycles. The first-order valence-electron chi connectivity index (χ1n) is 7.84. The Morgan fingerprint density at radius 1 is 1.19 bits per heavy atom. The summed E-state index contributed by atoms with van der Waals surface area (Å²) in [6, 6.07) is 3.98. The highest BCUT2D eigenvalue weighted by Gasteiger charge is 2.09. The molecule has 0 bridgehead atoms. The van der Waals surface area contributed by atoms with E-state index in [9.17, 15) is 0 Å². The van der Waals surface area contributed by atoms with Crippen molar-refractivity contribution < 1.29 is 0 Å². The number of pyridine rings is 1. The lowest BCUT2D eigenvalue weighted by molar-refractivity contribution is 0.400. The first-order chi connectivity index (χ1) is 10.1. The second-order valence-corrected chi connectivity index (χ2v) is 5.92. The number of halogens is 1. The average molecular weight is 313 g/mol. The van der Waals surface area contributed by atoms with Gasteiger partial charge in [-0.25, -0.2) is 4.98 Å². The molecule has 5 heteroatoms. The quantitative estimate of drug-likeness (QED) is 0.673. The minimum atomic E-state index is 0.732. The molecule has 1 N–H and O–H groups in total. The second kappa shape index (κ2) is 9.98. The van der Waals surface area contributed by atoms with Crippen molar-refractivity contribution in [3.05, 3.63) is 22.8 Å². The molecule has 0 saturated carbocycles. The Morgan fingerprint density at radius 3 is 2.57 bits per heavy atom. The zero-order chi connectivity index (χ0) is 15.7. The fourth-order valence-corrected chi connectivity index (χ4v) is 2.34. The number of nitrogens with one attached hydrogen (secondary N) is 1. The van der Waals surface area contributed by atoms with Crippen molar-refractivity contribution in [3.63, 3.8) is 0 Å². The summed E-state index contributed by atoms with van der Waals surface area (Å²) in [5.41, 5.74) is 0.939. The van der Waals surface area contributed by atoms with E-state index in [0.717, 1.165) is 62.1 Å². The molecule has 0 spiro atoms. The van der Waals surface area contributed by atoms with Crippen molar-refractivity contribution in [1.29, 1.82) is 0 Å². The highest BCUT2D eigenvalue weighted by atomic mass is 35.5. The van der Waals surface area contributed by atoms with Gasteiger partial charge in [0, 0.05) is 19.6 Å². The van der Waals surface area contributed by atoms with Crippen LogP contribution in [0.15, 0.2) is 12.1 Å². The number of hydrogen-bond acceptors (Lipinski definition) is 4. The molecule has 0 aromatic carbocycles. The zero-order valence-corrected chi connectivity index (χ0v) is 14.6. The lowest BCUT2D eigenvalue weighted by atomic mass is 10.3. The third-order valence-corrected chi connectivity index (χ3v) is 3.71. The van der Waals surface area contributed by atoms with Crippen LogP contribution in [0.5, 0.6) is 0 Å². The molecule has 0 unspecified atom stereocenters. The topological polar surface area (TPSA) is 31.4 Å². The van der Waals surface area contributed by atoms with Crippen molar-refractivity contribution >= 4 is 17.4 Å². The summed E-state index contributed by atoms with van der Waals surface area (Å²) in [5, 5.41) is 4.10. The van der Waals surface area contributed by atoms with Crippen LogP contribution in [0.3, 0.4) is 0 Å². The van der Waals surface area contributed by atoms with Crippen LogP contribution in [-0.4, -0.2) is 50.2 Å². The Kier molecular flexibility index (Phi) is 8.66. The van der Waals surface area contributed by atoms with Crippen molar-refractivity contribution in [3.8, 4) is 0 Å². The highest BCUT2D eigenvalue weighted by Crippen LogP contribution is 2.19. The van der Waals surface area contributed by atoms with Gasteiger partial charge in [-0.05, 0) is 59.1 Å². The molecule has 0 amide bonds. The third-order valence-electron chi connectivity index (χ3n) is 3.36. The summed E-state index contributed by atoms with van der Waals surface area (Å²) in [4.78, 5) is 9.25. The molecule has 0 aliphatic carbocycles. The van der Waals surface area contributed by atoms with Crippen molar-refractivity contribution in [2.24, 2.45) is 0 Å². The van der Waals surface area contributed by atoms with Crippen LogP contribution < -0.4 is 10.2 Å². The Labute approximate surface area is 134 Å². The highest BCUT2D eigenvalue weighted by molar-refractivity contribution is 6.31. The molecule has 0 aliphatic heterocycles. The van der Waals surface area contributed by atoms with Gasteiger partial charge in [0.25, 0.3) is 0 Å². The molecule has 0 radical (unpaired) electrons. The van der Waals surface area contributed by atoms with Gasteiger partial charge in [0.05, 0.1) is 10.7 Å². The van der Waals surface area contributed by atoms with E-state index < -0.39 is 0 Å². The minimum absolute atomic E-state index is 0.732. The summed E-state index contributed by atoms with van der Waals surface area (Å²) in [6.07, 6.45) is 2.25. The molecule has 1 rings (SSSR count). The Hall–Kier alpha value is -0.840. The van der Waals surface area contributed by atoms with E-state index in [1.807, 2.05) is 12.1 Å². The van der Waals surface area contributed by atoms with E-state index in [1.165, 1.54) is 0 Å². The Balaban J connectivity index is 2.68. The lowest BCUT2D eigenvalue weighted by Crippen LogP contribution is -2.28. The van der Waals surface area contributed by atoms with Gasteiger partial charge in [0.2, 0.25) is 0 Å². The molecule has 21 heavy (non-hydrogen) atoms. The van der Waals surface area contributed by atoms with Gasteiger partial charge in [-0.15, -0.1) is 0 Å². The van der Waals surface area contributed by atoms with E-state index >= 15 is 0 Å². The third kappa shape index (κ3) is 6.64. The standard InChI is InChI=1S/C16H29ClN4/c1-5-10-18-13-15-14(17)8-9-16(19-15)21(6-2)12-7-11-20(3)4/h8-9,18H,5-7,10-13H2,1-4H3. The van der Waals surface area contributed by atoms with Gasteiger partial charge in [-0.3, -0.25) is 0 Å². The summed E-state index contributed by atoms with van der Waals surface area (Å²) in [7, 11) is 4.21. The number of aromatic nitrogens is 1. The predicted octanol–water partition coefficient (Wildman–Crippen LogP) is 3.01. The number of rotatable bonds is 10. The number of nitrogens with zero attached hydrogens (tertiary/aromatic N) is 3. The molecule has 120 valence electrons. The monoisotopic (exact) mass is 312 g/mol. The van der Waals surface area contributed by atoms with Gasteiger partial charge < -0.3 is 15.1 Å². The molecule has 4 nitrogen and oxygen atoms in total. The van der Waals surface area contributed by atoms with Crippen molar-refractivity contribution in [2.45, 2.75) is 33.2 Å². The maximum absolute atomic E-state index is 6.24. The number of anilines is 1. The lowest BCUT2D eigenvalue weighted by Gasteiger charge is -2.23. The summed E-state index contributed by atoms with van der Waals surface area (Å²) >= 11 is 6.24. The van der Waals surface area contributed by atoms with Crippen LogP contribution in [0, 0.1) is 0 Å². The molecule has 0 atom stereocenters. The SMILES string of the molecule is CCCNCc1nc(N(CC)CCCN(C)C)ccc1Cl. The maximum atomic E-state index is 6.24. The fourth-order valence-electron chi connectivity index (χ4n) is 2.17. The molecule has 0 aliphatic rings. The molecule has 1 heterocycles. The van der Waals surface area contributed by atoms with Crippen LogP contribution in [0.2, 0.25) is 5.02 Å². The van der Waals surface area contributed by atoms with Gasteiger partial charge in [-0.2, -0.15) is 0 Å². The predicted molar refractivity (Wildman–Crippen MR) is 92.3 cm³/mol. The fraction of sp³-hybridized carbons (Fsp3) is 0.688. The summed E-state index contributed by atoms with van der Waals surface area (Å²) in [6.45, 7) is 9.12. The Bertz CT molecular complexity index is 409. The summed E-state index contributed by atoms with van der Waals surface area (Å²) < 4.78 is 0. The normalized spacial score (nSPS) is 11.1. The largest absolute Gasteiger partial charge is 0.357 e. The average Bonchev–Trinajstić information content (AvgIpc) is 2.46. The van der Waals surface area contributed by atoms with Gasteiger partial charge in [0.15, 0.2) is 0 Å². The van der Waals surface area contributed by atoms with Gasteiger partial charge in [0.1, 0.15) is 5.82 Å². The first kappa shape index (κ1) is 18.2. The molecular formula is C16H29ClN4. The van der Waals surface area contributed by atoms with E-state index in [1.54, 1.807) is 0 Å². The Morgan fingerprint density at radius 2 is 1.95 bits per heavy atom. The van der Waals surface area contributed by atoms with Gasteiger partial charge in [-0.1, -0.05) is 18.5 Å².